The molecule has 3 aromatic carbocycles. The number of ether oxygens (including phenoxy) is 2. The summed E-state index contributed by atoms with van der Waals surface area (Å²) in [5.41, 5.74) is 3.00. The SMILES string of the molecule is N=C(NCCCc1ccccc1)N1CCC(OC(=O)C2c3ccccc3Oc3ccccc32)CC1. The number of para-hydroxylation sites is 2. The number of benzene rings is 3. The van der Waals surface area contributed by atoms with Crippen LogP contribution in [0.3, 0.4) is 0 Å². The molecule has 2 heterocycles. The normalized spacial score (nSPS) is 15.5. The highest BCUT2D eigenvalue weighted by Crippen LogP contribution is 2.44. The molecule has 1 saturated heterocycles. The van der Waals surface area contributed by atoms with Gasteiger partial charge >= 0.3 is 5.97 Å². The van der Waals surface area contributed by atoms with Crippen LogP contribution in [0.2, 0.25) is 0 Å². The van der Waals surface area contributed by atoms with E-state index in [0.717, 1.165) is 30.5 Å². The number of rotatable bonds is 6. The van der Waals surface area contributed by atoms with Crippen molar-refractivity contribution in [1.82, 2.24) is 10.2 Å². The van der Waals surface area contributed by atoms with Gasteiger partial charge in [-0.2, -0.15) is 0 Å². The van der Waals surface area contributed by atoms with Crippen molar-refractivity contribution < 1.29 is 14.3 Å². The lowest BCUT2D eigenvalue weighted by Crippen LogP contribution is -2.47. The van der Waals surface area contributed by atoms with Gasteiger partial charge in [0, 0.05) is 43.6 Å². The molecule has 5 rings (SSSR count). The second-order valence-corrected chi connectivity index (χ2v) is 9.10. The van der Waals surface area contributed by atoms with E-state index in [1.54, 1.807) is 0 Å². The summed E-state index contributed by atoms with van der Waals surface area (Å²) in [6, 6.07) is 25.7. The Morgan fingerprint density at radius 1 is 0.914 bits per heavy atom. The Morgan fingerprint density at radius 2 is 1.51 bits per heavy atom. The molecule has 180 valence electrons. The Bertz CT molecular complexity index is 1130. The molecule has 35 heavy (non-hydrogen) atoms. The molecule has 0 unspecified atom stereocenters. The lowest BCUT2D eigenvalue weighted by Gasteiger charge is -2.34. The fraction of sp³-hybridized carbons (Fsp3) is 0.310. The third-order valence-corrected chi connectivity index (χ3v) is 6.73. The summed E-state index contributed by atoms with van der Waals surface area (Å²) in [5, 5.41) is 11.6. The summed E-state index contributed by atoms with van der Waals surface area (Å²) < 4.78 is 12.0. The minimum absolute atomic E-state index is 0.146. The Morgan fingerprint density at radius 3 is 2.17 bits per heavy atom. The fourth-order valence-electron chi connectivity index (χ4n) is 4.85. The highest BCUT2D eigenvalue weighted by Gasteiger charge is 2.35. The van der Waals surface area contributed by atoms with E-state index in [9.17, 15) is 4.79 Å². The van der Waals surface area contributed by atoms with Gasteiger partial charge in [-0.1, -0.05) is 66.7 Å². The quantitative estimate of drug-likeness (QED) is 0.228. The number of likely N-dealkylation sites (tertiary alicyclic amines) is 1. The van der Waals surface area contributed by atoms with Crippen LogP contribution in [-0.4, -0.2) is 42.6 Å². The van der Waals surface area contributed by atoms with Crippen molar-refractivity contribution in [3.63, 3.8) is 0 Å². The van der Waals surface area contributed by atoms with Crippen LogP contribution < -0.4 is 10.1 Å². The van der Waals surface area contributed by atoms with E-state index < -0.39 is 5.92 Å². The maximum atomic E-state index is 13.4. The second-order valence-electron chi connectivity index (χ2n) is 9.10. The monoisotopic (exact) mass is 469 g/mol. The van der Waals surface area contributed by atoms with E-state index in [4.69, 9.17) is 14.9 Å². The van der Waals surface area contributed by atoms with Gasteiger partial charge in [0.25, 0.3) is 0 Å². The maximum absolute atomic E-state index is 13.4. The number of carbonyl (C=O) groups is 1. The van der Waals surface area contributed by atoms with Crippen LogP contribution in [0.25, 0.3) is 0 Å². The molecule has 0 amide bonds. The zero-order chi connectivity index (χ0) is 24.0. The van der Waals surface area contributed by atoms with Crippen LogP contribution in [0.1, 0.15) is 41.9 Å². The molecule has 1 fully saturated rings. The highest BCUT2D eigenvalue weighted by atomic mass is 16.5. The van der Waals surface area contributed by atoms with Gasteiger partial charge in [-0.05, 0) is 30.5 Å². The van der Waals surface area contributed by atoms with Gasteiger partial charge in [0.2, 0.25) is 0 Å². The molecule has 2 aliphatic heterocycles. The number of piperidine rings is 1. The summed E-state index contributed by atoms with van der Waals surface area (Å²) in [7, 11) is 0. The number of hydrogen-bond acceptors (Lipinski definition) is 4. The van der Waals surface area contributed by atoms with Crippen molar-refractivity contribution in [3.8, 4) is 11.5 Å². The van der Waals surface area contributed by atoms with Gasteiger partial charge in [-0.15, -0.1) is 0 Å². The Kier molecular flexibility index (Phi) is 6.98. The van der Waals surface area contributed by atoms with Gasteiger partial charge in [0.15, 0.2) is 5.96 Å². The lowest BCUT2D eigenvalue weighted by atomic mass is 9.88. The lowest BCUT2D eigenvalue weighted by molar-refractivity contribution is -0.151. The molecule has 0 spiro atoms. The first-order valence-electron chi connectivity index (χ1n) is 12.4. The molecule has 0 saturated carbocycles. The molecule has 6 heteroatoms. The molecule has 6 nitrogen and oxygen atoms in total. The van der Waals surface area contributed by atoms with E-state index in [2.05, 4.69) is 29.6 Å². The fourth-order valence-corrected chi connectivity index (χ4v) is 4.85. The Labute approximate surface area is 206 Å². The Balaban J connectivity index is 1.12. The van der Waals surface area contributed by atoms with Gasteiger partial charge < -0.3 is 19.7 Å². The van der Waals surface area contributed by atoms with E-state index in [-0.39, 0.29) is 12.1 Å². The molecule has 0 aliphatic carbocycles. The van der Waals surface area contributed by atoms with Crippen molar-refractivity contribution in [2.45, 2.75) is 37.7 Å². The van der Waals surface area contributed by atoms with Crippen LogP contribution in [0.5, 0.6) is 11.5 Å². The molecule has 2 N–H and O–H groups in total. The summed E-state index contributed by atoms with van der Waals surface area (Å²) >= 11 is 0. The molecule has 0 atom stereocenters. The van der Waals surface area contributed by atoms with Gasteiger partial charge in [0.05, 0.1) is 0 Å². The summed E-state index contributed by atoms with van der Waals surface area (Å²) in [6.45, 7) is 2.16. The van der Waals surface area contributed by atoms with Gasteiger partial charge in [0.1, 0.15) is 23.5 Å². The topological polar surface area (TPSA) is 74.7 Å². The first-order chi connectivity index (χ1) is 17.2. The standard InChI is InChI=1S/C29H31N3O3/c30-29(31-18-8-11-21-9-2-1-3-10-21)32-19-16-22(17-20-32)34-28(33)27-23-12-4-6-14-25(23)35-26-15-7-5-13-24(26)27/h1-7,9-10,12-15,22,27H,8,11,16-20H2,(H2,30,31). The molecule has 3 aromatic rings. The van der Waals surface area contributed by atoms with Crippen LogP contribution in [0.15, 0.2) is 78.9 Å². The number of nitrogens with zero attached hydrogens (tertiary/aromatic N) is 1. The van der Waals surface area contributed by atoms with E-state index in [1.165, 1.54) is 5.56 Å². The molecular weight excluding hydrogens is 438 g/mol. The molecule has 0 aromatic heterocycles. The number of aryl methyl sites for hydroxylation is 1. The molecule has 2 aliphatic rings. The van der Waals surface area contributed by atoms with E-state index in [0.29, 0.717) is 43.4 Å². The number of nitrogens with one attached hydrogen (secondary N) is 2. The van der Waals surface area contributed by atoms with Crippen molar-refractivity contribution in [1.29, 1.82) is 5.41 Å². The second kappa shape index (κ2) is 10.6. The number of fused-ring (bicyclic) bond motifs is 2. The Hall–Kier alpha value is -3.80. The van der Waals surface area contributed by atoms with Gasteiger partial charge in [-0.3, -0.25) is 10.2 Å². The predicted octanol–water partition coefficient (Wildman–Crippen LogP) is 5.09. The van der Waals surface area contributed by atoms with Crippen LogP contribution in [0, 0.1) is 5.41 Å². The van der Waals surface area contributed by atoms with Crippen LogP contribution in [0.4, 0.5) is 0 Å². The first kappa shape index (κ1) is 23.0. The highest BCUT2D eigenvalue weighted by molar-refractivity contribution is 5.85. The van der Waals surface area contributed by atoms with Crippen molar-refractivity contribution >= 4 is 11.9 Å². The van der Waals surface area contributed by atoms with Crippen LogP contribution >= 0.6 is 0 Å². The van der Waals surface area contributed by atoms with Gasteiger partial charge in [-0.25, -0.2) is 0 Å². The van der Waals surface area contributed by atoms with E-state index in [1.807, 2.05) is 59.5 Å². The van der Waals surface area contributed by atoms with Crippen LogP contribution in [-0.2, 0) is 16.0 Å². The van der Waals surface area contributed by atoms with E-state index >= 15 is 0 Å². The van der Waals surface area contributed by atoms with Crippen molar-refractivity contribution in [2.24, 2.45) is 0 Å². The third-order valence-electron chi connectivity index (χ3n) is 6.73. The van der Waals surface area contributed by atoms with Crippen molar-refractivity contribution in [2.75, 3.05) is 19.6 Å². The zero-order valence-electron chi connectivity index (χ0n) is 19.8. The number of carbonyl (C=O) groups excluding carboxylic acids is 1. The smallest absolute Gasteiger partial charge is 0.318 e. The zero-order valence-corrected chi connectivity index (χ0v) is 19.8. The summed E-state index contributed by atoms with van der Waals surface area (Å²) in [4.78, 5) is 15.4. The summed E-state index contributed by atoms with van der Waals surface area (Å²) in [6.07, 6.45) is 3.26. The number of esters is 1. The largest absolute Gasteiger partial charge is 0.462 e. The predicted molar refractivity (Wildman–Crippen MR) is 136 cm³/mol. The molecular formula is C29H31N3O3. The first-order valence-corrected chi connectivity index (χ1v) is 12.4. The average Bonchev–Trinajstić information content (AvgIpc) is 2.90. The average molecular weight is 470 g/mol. The minimum atomic E-state index is -0.487. The summed E-state index contributed by atoms with van der Waals surface area (Å²) in [5.74, 6) is 1.14. The molecule has 0 bridgehead atoms. The minimum Gasteiger partial charge on any atom is -0.462 e. The number of hydrogen-bond donors (Lipinski definition) is 2. The number of guanidine groups is 1. The maximum Gasteiger partial charge on any atom is 0.318 e. The van der Waals surface area contributed by atoms with Crippen molar-refractivity contribution in [3.05, 3.63) is 95.6 Å². The molecule has 0 radical (unpaired) electrons. The third kappa shape index (κ3) is 5.32.